The van der Waals surface area contributed by atoms with Gasteiger partial charge in [0, 0.05) is 25.2 Å². The number of hydrogen-bond donors (Lipinski definition) is 1. The van der Waals surface area contributed by atoms with Crippen LogP contribution in [0.15, 0.2) is 59.7 Å². The molecule has 2 heterocycles. The van der Waals surface area contributed by atoms with Crippen molar-refractivity contribution in [1.82, 2.24) is 10.2 Å². The second kappa shape index (κ2) is 9.22. The van der Waals surface area contributed by atoms with Crippen molar-refractivity contribution in [2.24, 2.45) is 0 Å². The van der Waals surface area contributed by atoms with Crippen LogP contribution in [0.2, 0.25) is 0 Å². The quantitative estimate of drug-likeness (QED) is 0.737. The Hall–Kier alpha value is -2.57. The molecular weight excluding hydrogens is 332 g/mol. The topological polar surface area (TPSA) is 63.9 Å². The van der Waals surface area contributed by atoms with Gasteiger partial charge in [0.15, 0.2) is 0 Å². The molecule has 26 heavy (non-hydrogen) atoms. The first kappa shape index (κ1) is 18.2. The summed E-state index contributed by atoms with van der Waals surface area (Å²) in [6.07, 6.45) is 3.34. The van der Waals surface area contributed by atoms with E-state index < -0.39 is 0 Å². The molecule has 0 aliphatic carbocycles. The van der Waals surface area contributed by atoms with Crippen molar-refractivity contribution in [3.63, 3.8) is 0 Å². The standard InChI is InChI=1S/C20H24N2O4/c1-2-11-25-17-7-5-16(6-8-17)20(23)21-15-18(19-4-3-12-26-19)22-9-13-24-14-10-22/h2-8,12,18H,1,9-11,13-15H2,(H,21,23). The van der Waals surface area contributed by atoms with Crippen molar-refractivity contribution in [3.8, 4) is 5.75 Å². The van der Waals surface area contributed by atoms with Crippen molar-refractivity contribution in [1.29, 1.82) is 0 Å². The van der Waals surface area contributed by atoms with Crippen LogP contribution < -0.4 is 10.1 Å². The normalized spacial score (nSPS) is 16.0. The number of furan rings is 1. The van der Waals surface area contributed by atoms with Gasteiger partial charge in [-0.2, -0.15) is 0 Å². The van der Waals surface area contributed by atoms with Crippen molar-refractivity contribution in [2.45, 2.75) is 6.04 Å². The molecule has 1 aromatic heterocycles. The minimum atomic E-state index is -0.120. The molecule has 3 rings (SSSR count). The van der Waals surface area contributed by atoms with Crippen molar-refractivity contribution < 1.29 is 18.7 Å². The van der Waals surface area contributed by atoms with E-state index in [4.69, 9.17) is 13.9 Å². The van der Waals surface area contributed by atoms with Crippen LogP contribution in [0.25, 0.3) is 0 Å². The summed E-state index contributed by atoms with van der Waals surface area (Å²) >= 11 is 0. The maximum absolute atomic E-state index is 12.5. The van der Waals surface area contributed by atoms with Crippen LogP contribution in [0, 0.1) is 0 Å². The molecule has 1 saturated heterocycles. The molecule has 0 saturated carbocycles. The zero-order valence-corrected chi connectivity index (χ0v) is 14.7. The minimum absolute atomic E-state index is 0.00644. The third-order valence-electron chi connectivity index (χ3n) is 4.30. The lowest BCUT2D eigenvalue weighted by Gasteiger charge is -2.33. The molecule has 6 heteroatoms. The Balaban J connectivity index is 1.61. The van der Waals surface area contributed by atoms with Gasteiger partial charge >= 0.3 is 0 Å². The lowest BCUT2D eigenvalue weighted by atomic mass is 10.1. The number of hydrogen-bond acceptors (Lipinski definition) is 5. The fraction of sp³-hybridized carbons (Fsp3) is 0.350. The van der Waals surface area contributed by atoms with Crippen LogP contribution >= 0.6 is 0 Å². The molecule has 1 fully saturated rings. The summed E-state index contributed by atoms with van der Waals surface area (Å²) in [7, 11) is 0. The second-order valence-corrected chi connectivity index (χ2v) is 6.01. The van der Waals surface area contributed by atoms with E-state index in [-0.39, 0.29) is 11.9 Å². The molecule has 1 atom stereocenters. The predicted molar refractivity (Wildman–Crippen MR) is 98.3 cm³/mol. The fourth-order valence-corrected chi connectivity index (χ4v) is 2.93. The summed E-state index contributed by atoms with van der Waals surface area (Å²) in [6, 6.07) is 10.9. The average Bonchev–Trinajstić information content (AvgIpc) is 3.22. The van der Waals surface area contributed by atoms with Gasteiger partial charge in [0.2, 0.25) is 0 Å². The van der Waals surface area contributed by atoms with Crippen LogP contribution in [0.1, 0.15) is 22.2 Å². The lowest BCUT2D eigenvalue weighted by Crippen LogP contribution is -2.43. The van der Waals surface area contributed by atoms with Crippen molar-refractivity contribution >= 4 is 5.91 Å². The molecular formula is C20H24N2O4. The maximum atomic E-state index is 12.5. The number of morpholine rings is 1. The van der Waals surface area contributed by atoms with Crippen LogP contribution in [0.3, 0.4) is 0 Å². The van der Waals surface area contributed by atoms with Crippen LogP contribution in [-0.2, 0) is 4.74 Å². The van der Waals surface area contributed by atoms with E-state index in [1.54, 1.807) is 36.6 Å². The molecule has 1 N–H and O–H groups in total. The summed E-state index contributed by atoms with van der Waals surface area (Å²) in [6.45, 7) is 7.54. The van der Waals surface area contributed by atoms with Gasteiger partial charge in [0.25, 0.3) is 5.91 Å². The first-order chi connectivity index (χ1) is 12.8. The van der Waals surface area contributed by atoms with E-state index in [0.717, 1.165) is 18.8 Å². The summed E-state index contributed by atoms with van der Waals surface area (Å²) in [4.78, 5) is 14.8. The highest BCUT2D eigenvalue weighted by atomic mass is 16.5. The number of nitrogens with one attached hydrogen (secondary N) is 1. The SMILES string of the molecule is C=CCOc1ccc(C(=O)NCC(c2ccco2)N2CCOCC2)cc1. The average molecular weight is 356 g/mol. The number of amides is 1. The van der Waals surface area contributed by atoms with Gasteiger partial charge in [-0.05, 0) is 36.4 Å². The van der Waals surface area contributed by atoms with E-state index >= 15 is 0 Å². The first-order valence-corrected chi connectivity index (χ1v) is 8.75. The Morgan fingerprint density at radius 1 is 1.27 bits per heavy atom. The number of ether oxygens (including phenoxy) is 2. The molecule has 6 nitrogen and oxygen atoms in total. The van der Waals surface area contributed by atoms with Gasteiger partial charge in [0.05, 0.1) is 25.5 Å². The smallest absolute Gasteiger partial charge is 0.251 e. The third kappa shape index (κ3) is 4.74. The Bertz CT molecular complexity index is 691. The molecule has 0 spiro atoms. The highest BCUT2D eigenvalue weighted by Crippen LogP contribution is 2.22. The molecule has 1 aliphatic rings. The summed E-state index contributed by atoms with van der Waals surface area (Å²) < 4.78 is 16.4. The van der Waals surface area contributed by atoms with Crippen molar-refractivity contribution in [2.75, 3.05) is 39.5 Å². The molecule has 0 bridgehead atoms. The van der Waals surface area contributed by atoms with E-state index in [1.807, 2.05) is 12.1 Å². The number of nitrogens with zero attached hydrogens (tertiary/aromatic N) is 1. The van der Waals surface area contributed by atoms with E-state index in [9.17, 15) is 4.79 Å². The predicted octanol–water partition coefficient (Wildman–Crippen LogP) is 2.65. The highest BCUT2D eigenvalue weighted by molar-refractivity contribution is 5.94. The first-order valence-electron chi connectivity index (χ1n) is 8.75. The number of carbonyl (C=O) groups is 1. The van der Waals surface area contributed by atoms with Gasteiger partial charge < -0.3 is 19.2 Å². The molecule has 0 radical (unpaired) electrons. The van der Waals surface area contributed by atoms with E-state index in [2.05, 4.69) is 16.8 Å². The largest absolute Gasteiger partial charge is 0.490 e. The number of rotatable bonds is 8. The van der Waals surface area contributed by atoms with Gasteiger partial charge in [0.1, 0.15) is 18.1 Å². The summed E-state index contributed by atoms with van der Waals surface area (Å²) in [5.41, 5.74) is 0.594. The molecule has 2 aromatic rings. The number of benzene rings is 1. The monoisotopic (exact) mass is 356 g/mol. The Morgan fingerprint density at radius 3 is 2.69 bits per heavy atom. The minimum Gasteiger partial charge on any atom is -0.490 e. The fourth-order valence-electron chi connectivity index (χ4n) is 2.93. The second-order valence-electron chi connectivity index (χ2n) is 6.01. The van der Waals surface area contributed by atoms with Gasteiger partial charge in [-0.3, -0.25) is 9.69 Å². The van der Waals surface area contributed by atoms with Crippen LogP contribution in [0.5, 0.6) is 5.75 Å². The van der Waals surface area contributed by atoms with Gasteiger partial charge in [-0.1, -0.05) is 12.7 Å². The lowest BCUT2D eigenvalue weighted by molar-refractivity contribution is 0.0118. The highest BCUT2D eigenvalue weighted by Gasteiger charge is 2.25. The number of carbonyl (C=O) groups excluding carboxylic acids is 1. The molecule has 1 amide bonds. The Labute approximate surface area is 153 Å². The molecule has 1 aromatic carbocycles. The van der Waals surface area contributed by atoms with E-state index in [1.165, 1.54) is 0 Å². The Morgan fingerprint density at radius 2 is 2.04 bits per heavy atom. The molecule has 1 unspecified atom stereocenters. The zero-order valence-electron chi connectivity index (χ0n) is 14.7. The maximum Gasteiger partial charge on any atom is 0.251 e. The Kier molecular flexibility index (Phi) is 6.46. The van der Waals surface area contributed by atoms with Gasteiger partial charge in [-0.15, -0.1) is 0 Å². The zero-order chi connectivity index (χ0) is 18.2. The summed E-state index contributed by atoms with van der Waals surface area (Å²) in [5.74, 6) is 1.44. The third-order valence-corrected chi connectivity index (χ3v) is 4.30. The van der Waals surface area contributed by atoms with Crippen molar-refractivity contribution in [3.05, 3.63) is 66.6 Å². The van der Waals surface area contributed by atoms with Crippen LogP contribution in [0.4, 0.5) is 0 Å². The van der Waals surface area contributed by atoms with Gasteiger partial charge in [-0.25, -0.2) is 0 Å². The summed E-state index contributed by atoms with van der Waals surface area (Å²) in [5, 5.41) is 3.01. The van der Waals surface area contributed by atoms with Crippen LogP contribution in [-0.4, -0.2) is 50.3 Å². The molecule has 1 aliphatic heterocycles. The molecule has 138 valence electrons. The van der Waals surface area contributed by atoms with E-state index in [0.29, 0.717) is 37.7 Å².